The summed E-state index contributed by atoms with van der Waals surface area (Å²) in [7, 11) is 0. The van der Waals surface area contributed by atoms with Gasteiger partial charge in [0.1, 0.15) is 5.82 Å². The Kier molecular flexibility index (Phi) is 5.73. The van der Waals surface area contributed by atoms with Crippen molar-refractivity contribution in [1.82, 2.24) is 24.3 Å². The molecular weight excluding hydrogens is 416 g/mol. The Morgan fingerprint density at radius 3 is 2.76 bits per heavy atom. The van der Waals surface area contributed by atoms with E-state index in [1.165, 1.54) is 17.3 Å². The largest absolute Gasteiger partial charge is 0.326 e. The Bertz CT molecular complexity index is 1370. The molecule has 168 valence electrons. The Morgan fingerprint density at radius 1 is 1.06 bits per heavy atom. The molecule has 0 aliphatic carbocycles. The fourth-order valence-electron chi connectivity index (χ4n) is 4.34. The first-order chi connectivity index (χ1) is 16.1. The number of nitrogens with one attached hydrogen (secondary N) is 1. The predicted molar refractivity (Wildman–Crippen MR) is 127 cm³/mol. The summed E-state index contributed by atoms with van der Waals surface area (Å²) in [6.07, 6.45) is 6.18. The molecule has 0 saturated heterocycles. The second kappa shape index (κ2) is 8.97. The molecule has 1 amide bonds. The van der Waals surface area contributed by atoms with Gasteiger partial charge in [-0.25, -0.2) is 4.98 Å². The summed E-state index contributed by atoms with van der Waals surface area (Å²) in [4.78, 5) is 29.6. The topological polar surface area (TPSA) is 94.7 Å². The van der Waals surface area contributed by atoms with Crippen molar-refractivity contribution in [3.05, 3.63) is 70.5 Å². The number of rotatable bonds is 5. The molecule has 0 radical (unpaired) electrons. The van der Waals surface area contributed by atoms with Gasteiger partial charge in [-0.05, 0) is 55.7 Å². The third-order valence-corrected chi connectivity index (χ3v) is 6.17. The third kappa shape index (κ3) is 4.28. The van der Waals surface area contributed by atoms with Gasteiger partial charge in [0.25, 0.3) is 5.56 Å². The van der Waals surface area contributed by atoms with E-state index in [-0.39, 0.29) is 24.4 Å². The molecular formula is C25H26N6O2. The average molecular weight is 443 g/mol. The van der Waals surface area contributed by atoms with E-state index < -0.39 is 0 Å². The summed E-state index contributed by atoms with van der Waals surface area (Å²) in [5.74, 6) is 1.77. The van der Waals surface area contributed by atoms with E-state index in [1.807, 2.05) is 43.3 Å². The number of amides is 1. The van der Waals surface area contributed by atoms with E-state index in [0.29, 0.717) is 16.6 Å². The molecule has 0 atom stereocenters. The van der Waals surface area contributed by atoms with Gasteiger partial charge in [0, 0.05) is 37.2 Å². The molecule has 0 saturated carbocycles. The summed E-state index contributed by atoms with van der Waals surface area (Å²) in [6, 6.07) is 13.2. The molecule has 1 aliphatic rings. The highest BCUT2D eigenvalue weighted by Crippen LogP contribution is 2.24. The van der Waals surface area contributed by atoms with Crippen molar-refractivity contribution in [3.8, 4) is 11.4 Å². The lowest BCUT2D eigenvalue weighted by atomic mass is 10.1. The molecule has 3 heterocycles. The number of aromatic nitrogens is 5. The Labute approximate surface area is 191 Å². The third-order valence-electron chi connectivity index (χ3n) is 6.17. The summed E-state index contributed by atoms with van der Waals surface area (Å²) < 4.78 is 3.69. The number of hydrogen-bond acceptors (Lipinski definition) is 5. The van der Waals surface area contributed by atoms with Crippen LogP contribution in [0.1, 0.15) is 37.1 Å². The minimum Gasteiger partial charge on any atom is -0.326 e. The summed E-state index contributed by atoms with van der Waals surface area (Å²) >= 11 is 0. The van der Waals surface area contributed by atoms with Crippen LogP contribution in [0.2, 0.25) is 0 Å². The quantitative estimate of drug-likeness (QED) is 0.508. The van der Waals surface area contributed by atoms with Crippen molar-refractivity contribution in [2.24, 2.45) is 0 Å². The van der Waals surface area contributed by atoms with Crippen LogP contribution in [0.4, 0.5) is 5.69 Å². The lowest BCUT2D eigenvalue weighted by molar-refractivity contribution is -0.116. The van der Waals surface area contributed by atoms with Gasteiger partial charge in [0.2, 0.25) is 5.91 Å². The number of fused-ring (bicyclic) bond motifs is 2. The zero-order valence-corrected chi connectivity index (χ0v) is 18.6. The smallest absolute Gasteiger partial charge is 0.261 e. The molecule has 1 N–H and O–H groups in total. The zero-order valence-electron chi connectivity index (χ0n) is 18.6. The molecule has 0 fully saturated rings. The van der Waals surface area contributed by atoms with Crippen LogP contribution in [0, 0.1) is 6.92 Å². The van der Waals surface area contributed by atoms with Crippen molar-refractivity contribution < 1.29 is 4.79 Å². The highest BCUT2D eigenvalue weighted by molar-refractivity contribution is 5.91. The molecule has 8 nitrogen and oxygen atoms in total. The van der Waals surface area contributed by atoms with Gasteiger partial charge < -0.3 is 9.88 Å². The minimum atomic E-state index is -0.157. The number of anilines is 1. The summed E-state index contributed by atoms with van der Waals surface area (Å²) in [6.45, 7) is 3.14. The molecule has 2 aromatic carbocycles. The number of carbonyl (C=O) groups excluding carboxylic acids is 1. The van der Waals surface area contributed by atoms with Crippen molar-refractivity contribution in [3.63, 3.8) is 0 Å². The highest BCUT2D eigenvalue weighted by Gasteiger charge is 2.16. The van der Waals surface area contributed by atoms with Crippen LogP contribution in [0.5, 0.6) is 0 Å². The fraction of sp³-hybridized carbons (Fsp3) is 0.320. The standard InChI is InChI=1S/C25H26N6O2/c1-17-6-5-7-20-23(17)26-16-30(25(20)33)15-13-22(32)27-19-11-9-18(10-12-19)24-29-28-21-8-3-2-4-14-31(21)24/h5-7,9-12,16H,2-4,8,13-15H2,1H3,(H,27,32). The average Bonchev–Trinajstić information content (AvgIpc) is 3.07. The van der Waals surface area contributed by atoms with Crippen LogP contribution in [-0.2, 0) is 24.3 Å². The number of benzene rings is 2. The van der Waals surface area contributed by atoms with Crippen LogP contribution in [0.15, 0.2) is 53.6 Å². The fourth-order valence-corrected chi connectivity index (χ4v) is 4.34. The summed E-state index contributed by atoms with van der Waals surface area (Å²) in [5.41, 5.74) is 3.22. The lowest BCUT2D eigenvalue weighted by Crippen LogP contribution is -2.23. The van der Waals surface area contributed by atoms with E-state index in [4.69, 9.17) is 0 Å². The van der Waals surface area contributed by atoms with Crippen LogP contribution in [0.3, 0.4) is 0 Å². The Morgan fingerprint density at radius 2 is 1.91 bits per heavy atom. The normalized spacial score (nSPS) is 13.5. The second-order valence-corrected chi connectivity index (χ2v) is 8.49. The highest BCUT2D eigenvalue weighted by atomic mass is 16.2. The Hall–Kier alpha value is -3.81. The van der Waals surface area contributed by atoms with Gasteiger partial charge >= 0.3 is 0 Å². The maximum atomic E-state index is 12.7. The SMILES string of the molecule is Cc1cccc2c(=O)n(CCC(=O)Nc3ccc(-c4nnc5n4CCCCC5)cc3)cnc12. The first-order valence-electron chi connectivity index (χ1n) is 11.4. The zero-order chi connectivity index (χ0) is 22.8. The van der Waals surface area contributed by atoms with Crippen molar-refractivity contribution in [2.45, 2.75) is 52.1 Å². The molecule has 33 heavy (non-hydrogen) atoms. The second-order valence-electron chi connectivity index (χ2n) is 8.49. The van der Waals surface area contributed by atoms with E-state index in [9.17, 15) is 9.59 Å². The molecule has 0 bridgehead atoms. The number of hydrogen-bond donors (Lipinski definition) is 1. The predicted octanol–water partition coefficient (Wildman–Crippen LogP) is 3.72. The van der Waals surface area contributed by atoms with Crippen molar-refractivity contribution in [2.75, 3.05) is 5.32 Å². The first kappa shape index (κ1) is 21.1. The van der Waals surface area contributed by atoms with Crippen LogP contribution >= 0.6 is 0 Å². The monoisotopic (exact) mass is 442 g/mol. The molecule has 2 aromatic heterocycles. The Balaban J connectivity index is 1.24. The number of carbonyl (C=O) groups is 1. The molecule has 5 rings (SSSR count). The number of nitrogens with zero attached hydrogens (tertiary/aromatic N) is 5. The maximum Gasteiger partial charge on any atom is 0.261 e. The van der Waals surface area contributed by atoms with Gasteiger partial charge in [-0.3, -0.25) is 14.2 Å². The molecule has 0 unspecified atom stereocenters. The van der Waals surface area contributed by atoms with Crippen LogP contribution in [0.25, 0.3) is 22.3 Å². The van der Waals surface area contributed by atoms with Gasteiger partial charge in [0.05, 0.1) is 17.2 Å². The van der Waals surface area contributed by atoms with Crippen LogP contribution < -0.4 is 10.9 Å². The van der Waals surface area contributed by atoms with E-state index >= 15 is 0 Å². The van der Waals surface area contributed by atoms with Crippen molar-refractivity contribution >= 4 is 22.5 Å². The van der Waals surface area contributed by atoms with Gasteiger partial charge in [-0.2, -0.15) is 0 Å². The van der Waals surface area contributed by atoms with Crippen LogP contribution in [-0.4, -0.2) is 30.2 Å². The lowest BCUT2D eigenvalue weighted by Gasteiger charge is -2.10. The van der Waals surface area contributed by atoms with E-state index in [0.717, 1.165) is 48.6 Å². The van der Waals surface area contributed by atoms with Gasteiger partial charge in [-0.15, -0.1) is 10.2 Å². The molecule has 8 heteroatoms. The van der Waals surface area contributed by atoms with Crippen molar-refractivity contribution in [1.29, 1.82) is 0 Å². The summed E-state index contributed by atoms with van der Waals surface area (Å²) in [5, 5.41) is 12.2. The molecule has 4 aromatic rings. The van der Waals surface area contributed by atoms with Gasteiger partial charge in [0.15, 0.2) is 5.82 Å². The van der Waals surface area contributed by atoms with E-state index in [2.05, 4.69) is 25.1 Å². The minimum absolute atomic E-state index is 0.131. The van der Waals surface area contributed by atoms with E-state index in [1.54, 1.807) is 6.07 Å². The molecule has 0 spiro atoms. The first-order valence-corrected chi connectivity index (χ1v) is 11.4. The molecule has 1 aliphatic heterocycles. The number of para-hydroxylation sites is 1. The maximum absolute atomic E-state index is 12.7. The van der Waals surface area contributed by atoms with Gasteiger partial charge in [-0.1, -0.05) is 18.6 Å². The number of aryl methyl sites for hydroxylation is 3.